The minimum Gasteiger partial charge on any atom is -0.505 e. The van der Waals surface area contributed by atoms with Crippen molar-refractivity contribution in [1.82, 2.24) is 0 Å². The number of hydrogen-bond acceptors (Lipinski definition) is 7. The first-order valence-corrected chi connectivity index (χ1v) is 8.04. The van der Waals surface area contributed by atoms with Crippen LogP contribution < -0.4 is 5.63 Å². The van der Waals surface area contributed by atoms with Crippen molar-refractivity contribution in [1.29, 1.82) is 0 Å². The van der Waals surface area contributed by atoms with Gasteiger partial charge < -0.3 is 9.52 Å². The highest BCUT2D eigenvalue weighted by Crippen LogP contribution is 2.32. The largest absolute Gasteiger partial charge is 0.505 e. The molecule has 0 atom stereocenters. The molecule has 0 spiro atoms. The summed E-state index contributed by atoms with van der Waals surface area (Å²) in [5.74, 6) is -0.361. The fourth-order valence-electron chi connectivity index (χ4n) is 2.00. The summed E-state index contributed by atoms with van der Waals surface area (Å²) < 4.78 is 35.8. The maximum atomic E-state index is 11.9. The van der Waals surface area contributed by atoms with Crippen LogP contribution in [0.2, 0.25) is 0 Å². The molecule has 2 N–H and O–H groups in total. The summed E-state index contributed by atoms with van der Waals surface area (Å²) in [6.07, 6.45) is 0. The van der Waals surface area contributed by atoms with E-state index in [1.807, 2.05) is 0 Å². The molecule has 0 saturated heterocycles. The molecule has 0 saturated carbocycles. The van der Waals surface area contributed by atoms with E-state index in [0.717, 1.165) is 12.1 Å². The predicted molar refractivity (Wildman–Crippen MR) is 84.6 cm³/mol. The first-order valence-electron chi connectivity index (χ1n) is 6.60. The van der Waals surface area contributed by atoms with Crippen LogP contribution in [0.25, 0.3) is 11.0 Å². The van der Waals surface area contributed by atoms with E-state index in [4.69, 9.17) is 8.97 Å². The summed E-state index contributed by atoms with van der Waals surface area (Å²) in [4.78, 5) is 11.6. The Bertz CT molecular complexity index is 1100. The molecule has 0 fully saturated rings. The smallest absolute Gasteiger partial charge is 0.368 e. The SMILES string of the molecule is O=c1oc2ccccc2c(O)c1N=Nc1ccc(S(=O)(=O)O)cc1. The second-order valence-corrected chi connectivity index (χ2v) is 6.17. The van der Waals surface area contributed by atoms with Crippen LogP contribution in [0.15, 0.2) is 72.9 Å². The van der Waals surface area contributed by atoms with Crippen molar-refractivity contribution in [2.75, 3.05) is 0 Å². The molecule has 0 aliphatic carbocycles. The fourth-order valence-corrected chi connectivity index (χ4v) is 2.48. The average Bonchev–Trinajstić information content (AvgIpc) is 2.54. The molecule has 122 valence electrons. The monoisotopic (exact) mass is 346 g/mol. The second kappa shape index (κ2) is 5.87. The van der Waals surface area contributed by atoms with Crippen molar-refractivity contribution < 1.29 is 22.5 Å². The molecular formula is C15H10N2O6S. The molecule has 9 heteroatoms. The van der Waals surface area contributed by atoms with Crippen molar-refractivity contribution in [2.45, 2.75) is 4.90 Å². The number of hydrogen-bond donors (Lipinski definition) is 2. The van der Waals surface area contributed by atoms with Crippen LogP contribution in [0.4, 0.5) is 11.4 Å². The zero-order valence-corrected chi connectivity index (χ0v) is 12.8. The third kappa shape index (κ3) is 3.03. The van der Waals surface area contributed by atoms with Crippen molar-refractivity contribution in [3.63, 3.8) is 0 Å². The van der Waals surface area contributed by atoms with Crippen molar-refractivity contribution in [2.24, 2.45) is 10.2 Å². The molecule has 8 nitrogen and oxygen atoms in total. The van der Waals surface area contributed by atoms with Gasteiger partial charge in [-0.1, -0.05) is 12.1 Å². The van der Waals surface area contributed by atoms with Crippen LogP contribution in [0, 0.1) is 0 Å². The van der Waals surface area contributed by atoms with E-state index in [1.54, 1.807) is 18.2 Å². The van der Waals surface area contributed by atoms with Crippen molar-refractivity contribution >= 4 is 32.5 Å². The first kappa shape index (κ1) is 15.8. The van der Waals surface area contributed by atoms with Crippen LogP contribution in [0.5, 0.6) is 5.75 Å². The third-order valence-electron chi connectivity index (χ3n) is 3.16. The molecular weight excluding hydrogens is 336 g/mol. The van der Waals surface area contributed by atoms with E-state index in [1.165, 1.54) is 18.2 Å². The summed E-state index contributed by atoms with van der Waals surface area (Å²) in [5.41, 5.74) is -0.789. The third-order valence-corrected chi connectivity index (χ3v) is 4.03. The molecule has 0 aliphatic rings. The van der Waals surface area contributed by atoms with Gasteiger partial charge in [0.05, 0.1) is 16.0 Å². The highest BCUT2D eigenvalue weighted by Gasteiger charge is 2.13. The molecule has 1 heterocycles. The van der Waals surface area contributed by atoms with Gasteiger partial charge in [-0.2, -0.15) is 13.5 Å². The van der Waals surface area contributed by atoms with Crippen LogP contribution in [0.3, 0.4) is 0 Å². The Morgan fingerprint density at radius 3 is 2.29 bits per heavy atom. The van der Waals surface area contributed by atoms with Crippen LogP contribution >= 0.6 is 0 Å². The van der Waals surface area contributed by atoms with Gasteiger partial charge in [-0.3, -0.25) is 4.55 Å². The Morgan fingerprint density at radius 1 is 0.958 bits per heavy atom. The second-order valence-electron chi connectivity index (χ2n) is 4.75. The maximum absolute atomic E-state index is 11.9. The van der Waals surface area contributed by atoms with Crippen LogP contribution in [0.1, 0.15) is 0 Å². The van der Waals surface area contributed by atoms with Crippen LogP contribution in [-0.2, 0) is 10.1 Å². The fraction of sp³-hybridized carbons (Fsp3) is 0. The summed E-state index contributed by atoms with van der Waals surface area (Å²) in [5, 5.41) is 17.9. The minimum atomic E-state index is -4.30. The van der Waals surface area contributed by atoms with Gasteiger partial charge in [0.2, 0.25) is 5.69 Å². The van der Waals surface area contributed by atoms with Gasteiger partial charge in [0.25, 0.3) is 10.1 Å². The summed E-state index contributed by atoms with van der Waals surface area (Å²) >= 11 is 0. The number of nitrogens with zero attached hydrogens (tertiary/aromatic N) is 2. The summed E-state index contributed by atoms with van der Waals surface area (Å²) in [6.45, 7) is 0. The zero-order valence-electron chi connectivity index (χ0n) is 11.9. The lowest BCUT2D eigenvalue weighted by molar-refractivity contribution is 0.469. The van der Waals surface area contributed by atoms with Gasteiger partial charge in [0.15, 0.2) is 5.75 Å². The van der Waals surface area contributed by atoms with Gasteiger partial charge in [0.1, 0.15) is 5.58 Å². The van der Waals surface area contributed by atoms with Gasteiger partial charge in [-0.15, -0.1) is 5.11 Å². The van der Waals surface area contributed by atoms with E-state index in [9.17, 15) is 18.3 Å². The topological polar surface area (TPSA) is 130 Å². The summed E-state index contributed by atoms with van der Waals surface area (Å²) in [7, 11) is -4.30. The maximum Gasteiger partial charge on any atom is 0.368 e. The molecule has 0 radical (unpaired) electrons. The Morgan fingerprint density at radius 2 is 1.62 bits per heavy atom. The Labute approximate surface area is 135 Å². The number of aromatic hydroxyl groups is 1. The molecule has 1 aromatic heterocycles. The van der Waals surface area contributed by atoms with E-state index in [2.05, 4.69) is 10.2 Å². The molecule has 3 aromatic rings. The molecule has 24 heavy (non-hydrogen) atoms. The van der Waals surface area contributed by atoms with Gasteiger partial charge in [-0.05, 0) is 36.4 Å². The van der Waals surface area contributed by atoms with Crippen molar-refractivity contribution in [3.05, 3.63) is 59.0 Å². The number of azo groups is 1. The Balaban J connectivity index is 2.00. The van der Waals surface area contributed by atoms with Gasteiger partial charge in [0, 0.05) is 0 Å². The quantitative estimate of drug-likeness (QED) is 0.425. The van der Waals surface area contributed by atoms with E-state index >= 15 is 0 Å². The zero-order chi connectivity index (χ0) is 17.3. The minimum absolute atomic E-state index is 0.217. The predicted octanol–water partition coefficient (Wildman–Crippen LogP) is 3.16. The van der Waals surface area contributed by atoms with Gasteiger partial charge in [-0.25, -0.2) is 4.79 Å². The molecule has 0 bridgehead atoms. The Hall–Kier alpha value is -3.04. The normalized spacial score (nSPS) is 12.0. The summed E-state index contributed by atoms with van der Waals surface area (Å²) in [6, 6.07) is 11.2. The lowest BCUT2D eigenvalue weighted by atomic mass is 10.2. The molecule has 3 rings (SSSR count). The lowest BCUT2D eigenvalue weighted by Crippen LogP contribution is -1.98. The first-order chi connectivity index (χ1) is 11.4. The molecule has 0 amide bonds. The average molecular weight is 346 g/mol. The number of para-hydroxylation sites is 1. The number of rotatable bonds is 3. The van der Waals surface area contributed by atoms with E-state index in [-0.39, 0.29) is 27.6 Å². The van der Waals surface area contributed by atoms with Crippen molar-refractivity contribution in [3.8, 4) is 5.75 Å². The van der Waals surface area contributed by atoms with Gasteiger partial charge >= 0.3 is 5.63 Å². The van der Waals surface area contributed by atoms with E-state index < -0.39 is 15.7 Å². The standard InChI is InChI=1S/C15H10N2O6S/c18-14-11-3-1-2-4-12(11)23-15(19)13(14)17-16-9-5-7-10(8-6-9)24(20,21)22/h1-8,18H,(H,20,21,22). The van der Waals surface area contributed by atoms with Crippen LogP contribution in [-0.4, -0.2) is 18.1 Å². The molecule has 0 unspecified atom stereocenters. The number of benzene rings is 2. The Kier molecular flexibility index (Phi) is 3.87. The molecule has 2 aromatic carbocycles. The lowest BCUT2D eigenvalue weighted by Gasteiger charge is -2.01. The highest BCUT2D eigenvalue weighted by molar-refractivity contribution is 7.85. The van der Waals surface area contributed by atoms with E-state index in [0.29, 0.717) is 5.39 Å². The number of fused-ring (bicyclic) bond motifs is 1. The molecule has 0 aliphatic heterocycles. The highest BCUT2D eigenvalue weighted by atomic mass is 32.2.